The lowest BCUT2D eigenvalue weighted by Gasteiger charge is -2.10. The molecule has 1 atom stereocenters. The molecule has 0 aliphatic heterocycles. The number of hydrogen-bond donors (Lipinski definition) is 2. The number of ether oxygens (including phenoxy) is 2. The first-order chi connectivity index (χ1) is 8.52. The fourth-order valence-electron chi connectivity index (χ4n) is 1.13. The molecule has 0 aromatic carbocycles. The summed E-state index contributed by atoms with van der Waals surface area (Å²) in [7, 11) is 0. The van der Waals surface area contributed by atoms with Crippen LogP contribution in [0.1, 0.15) is 26.7 Å². The average molecular weight is 260 g/mol. The van der Waals surface area contributed by atoms with E-state index in [4.69, 9.17) is 10.5 Å². The van der Waals surface area contributed by atoms with Crippen LogP contribution in [0.2, 0.25) is 0 Å². The zero-order chi connectivity index (χ0) is 14.0. The molecular weight excluding hydrogens is 240 g/mol. The Morgan fingerprint density at radius 1 is 1.17 bits per heavy atom. The maximum absolute atomic E-state index is 11.4. The summed E-state index contributed by atoms with van der Waals surface area (Å²) >= 11 is 0. The predicted octanol–water partition coefficient (Wildman–Crippen LogP) is -0.664. The van der Waals surface area contributed by atoms with Crippen LogP contribution in [-0.4, -0.2) is 43.6 Å². The molecule has 1 unspecified atom stereocenters. The summed E-state index contributed by atoms with van der Waals surface area (Å²) in [6.07, 6.45) is 0.642. The maximum Gasteiger partial charge on any atom is 0.332 e. The highest BCUT2D eigenvalue weighted by Gasteiger charge is 2.22. The minimum absolute atomic E-state index is 0.169. The number of nitrogens with two attached hydrogens (primary N) is 1. The molecule has 0 heterocycles. The highest BCUT2D eigenvalue weighted by atomic mass is 16.5. The Bertz CT molecular complexity index is 293. The molecule has 0 radical (unpaired) electrons. The lowest BCUT2D eigenvalue weighted by molar-refractivity contribution is -0.148. The molecule has 0 bridgehead atoms. The third-order valence-electron chi connectivity index (χ3n) is 1.99. The molecule has 7 nitrogen and oxygen atoms in total. The van der Waals surface area contributed by atoms with Crippen LogP contribution < -0.4 is 11.1 Å². The van der Waals surface area contributed by atoms with Crippen LogP contribution in [0.4, 0.5) is 0 Å². The molecule has 3 N–H and O–H groups in total. The van der Waals surface area contributed by atoms with Crippen LogP contribution in [0.5, 0.6) is 0 Å². The standard InChI is InChI=1S/C11H20N2O5/c1-3-17-8(14)6-5-7-13-10(15)9(12)11(16)18-4-2/h9H,3-7,12H2,1-2H3,(H,13,15). The molecule has 1 amide bonds. The summed E-state index contributed by atoms with van der Waals surface area (Å²) in [5, 5.41) is 2.45. The Kier molecular flexibility index (Phi) is 8.55. The number of nitrogens with one attached hydrogen (secondary N) is 1. The minimum atomic E-state index is -1.33. The monoisotopic (exact) mass is 260 g/mol. The van der Waals surface area contributed by atoms with E-state index >= 15 is 0 Å². The van der Waals surface area contributed by atoms with Crippen LogP contribution in [0.25, 0.3) is 0 Å². The van der Waals surface area contributed by atoms with E-state index < -0.39 is 17.9 Å². The normalized spacial score (nSPS) is 11.5. The van der Waals surface area contributed by atoms with E-state index in [-0.39, 0.29) is 25.5 Å². The zero-order valence-electron chi connectivity index (χ0n) is 10.7. The number of carbonyl (C=O) groups excluding carboxylic acids is 3. The largest absolute Gasteiger partial charge is 0.466 e. The van der Waals surface area contributed by atoms with Gasteiger partial charge in [-0.1, -0.05) is 0 Å². The smallest absolute Gasteiger partial charge is 0.332 e. The first kappa shape index (κ1) is 16.4. The molecule has 0 saturated carbocycles. The highest BCUT2D eigenvalue weighted by Crippen LogP contribution is 1.92. The zero-order valence-corrected chi connectivity index (χ0v) is 10.7. The molecule has 0 saturated heterocycles. The molecular formula is C11H20N2O5. The van der Waals surface area contributed by atoms with Gasteiger partial charge in [-0.3, -0.25) is 9.59 Å². The molecule has 0 spiro atoms. The third kappa shape index (κ3) is 6.85. The number of amides is 1. The van der Waals surface area contributed by atoms with Crippen LogP contribution in [0, 0.1) is 0 Å². The Labute approximate surface area is 106 Å². The SMILES string of the molecule is CCOC(=O)CCCNC(=O)C(N)C(=O)OCC. The second kappa shape index (κ2) is 9.41. The van der Waals surface area contributed by atoms with Gasteiger partial charge in [-0.05, 0) is 20.3 Å². The van der Waals surface area contributed by atoms with Gasteiger partial charge in [0.2, 0.25) is 5.91 Å². The summed E-state index contributed by atoms with van der Waals surface area (Å²) in [5.41, 5.74) is 5.36. The van der Waals surface area contributed by atoms with Crippen molar-refractivity contribution >= 4 is 17.8 Å². The number of carbonyl (C=O) groups is 3. The summed E-state index contributed by atoms with van der Waals surface area (Å²) in [5.74, 6) is -1.70. The molecule has 0 rings (SSSR count). The topological polar surface area (TPSA) is 108 Å². The lowest BCUT2D eigenvalue weighted by Crippen LogP contribution is -2.47. The molecule has 0 aromatic heterocycles. The highest BCUT2D eigenvalue weighted by molar-refractivity contribution is 6.01. The van der Waals surface area contributed by atoms with Gasteiger partial charge in [-0.2, -0.15) is 0 Å². The van der Waals surface area contributed by atoms with Crippen LogP contribution >= 0.6 is 0 Å². The van der Waals surface area contributed by atoms with Gasteiger partial charge in [-0.25, -0.2) is 4.79 Å². The number of esters is 2. The second-order valence-electron chi connectivity index (χ2n) is 3.43. The van der Waals surface area contributed by atoms with Crippen molar-refractivity contribution in [2.45, 2.75) is 32.7 Å². The van der Waals surface area contributed by atoms with Gasteiger partial charge < -0.3 is 20.5 Å². The van der Waals surface area contributed by atoms with Crippen LogP contribution in [0.3, 0.4) is 0 Å². The van der Waals surface area contributed by atoms with Gasteiger partial charge in [0, 0.05) is 13.0 Å². The minimum Gasteiger partial charge on any atom is -0.466 e. The third-order valence-corrected chi connectivity index (χ3v) is 1.99. The molecule has 0 fully saturated rings. The molecule has 7 heteroatoms. The molecule has 0 aliphatic carbocycles. The number of hydrogen-bond acceptors (Lipinski definition) is 6. The van der Waals surface area contributed by atoms with Gasteiger partial charge in [-0.15, -0.1) is 0 Å². The Morgan fingerprint density at radius 3 is 2.33 bits per heavy atom. The summed E-state index contributed by atoms with van der Waals surface area (Å²) < 4.78 is 9.32. The summed E-state index contributed by atoms with van der Waals surface area (Å²) in [6.45, 7) is 4.10. The van der Waals surface area contributed by atoms with Gasteiger partial charge in [0.1, 0.15) is 0 Å². The van der Waals surface area contributed by atoms with E-state index in [2.05, 4.69) is 10.1 Å². The first-order valence-corrected chi connectivity index (χ1v) is 5.88. The molecule has 104 valence electrons. The van der Waals surface area contributed by atoms with Crippen molar-refractivity contribution in [3.8, 4) is 0 Å². The fourth-order valence-corrected chi connectivity index (χ4v) is 1.13. The van der Waals surface area contributed by atoms with E-state index in [1.165, 1.54) is 0 Å². The van der Waals surface area contributed by atoms with Crippen molar-refractivity contribution in [3.05, 3.63) is 0 Å². The first-order valence-electron chi connectivity index (χ1n) is 5.88. The van der Waals surface area contributed by atoms with Crippen molar-refractivity contribution in [2.24, 2.45) is 5.73 Å². The van der Waals surface area contributed by atoms with Crippen molar-refractivity contribution in [1.29, 1.82) is 0 Å². The summed E-state index contributed by atoms with van der Waals surface area (Å²) in [4.78, 5) is 33.5. The van der Waals surface area contributed by atoms with Gasteiger partial charge in [0.25, 0.3) is 0 Å². The van der Waals surface area contributed by atoms with Crippen molar-refractivity contribution in [1.82, 2.24) is 5.32 Å². The van der Waals surface area contributed by atoms with Gasteiger partial charge in [0.15, 0.2) is 6.04 Å². The Morgan fingerprint density at radius 2 is 1.78 bits per heavy atom. The Hall–Kier alpha value is -1.63. The van der Waals surface area contributed by atoms with E-state index in [9.17, 15) is 14.4 Å². The van der Waals surface area contributed by atoms with E-state index in [1.54, 1.807) is 13.8 Å². The van der Waals surface area contributed by atoms with Crippen molar-refractivity contribution in [3.63, 3.8) is 0 Å². The molecule has 0 aromatic rings. The summed E-state index contributed by atoms with van der Waals surface area (Å²) in [6, 6.07) is -1.33. The van der Waals surface area contributed by atoms with Crippen LogP contribution in [0.15, 0.2) is 0 Å². The number of rotatable bonds is 8. The van der Waals surface area contributed by atoms with Crippen molar-refractivity contribution < 1.29 is 23.9 Å². The van der Waals surface area contributed by atoms with Crippen LogP contribution in [-0.2, 0) is 23.9 Å². The average Bonchev–Trinajstić information content (AvgIpc) is 2.34. The Balaban J connectivity index is 3.76. The molecule has 0 aliphatic rings. The van der Waals surface area contributed by atoms with Gasteiger partial charge in [0.05, 0.1) is 13.2 Å². The quantitative estimate of drug-likeness (QED) is 0.340. The van der Waals surface area contributed by atoms with E-state index in [1.807, 2.05) is 0 Å². The van der Waals surface area contributed by atoms with E-state index in [0.717, 1.165) is 0 Å². The second-order valence-corrected chi connectivity index (χ2v) is 3.43. The fraction of sp³-hybridized carbons (Fsp3) is 0.727. The van der Waals surface area contributed by atoms with Crippen molar-refractivity contribution in [2.75, 3.05) is 19.8 Å². The maximum atomic E-state index is 11.4. The van der Waals surface area contributed by atoms with E-state index in [0.29, 0.717) is 13.0 Å². The lowest BCUT2D eigenvalue weighted by atomic mass is 10.2. The van der Waals surface area contributed by atoms with Gasteiger partial charge >= 0.3 is 11.9 Å². The predicted molar refractivity (Wildman–Crippen MR) is 63.5 cm³/mol. The molecule has 18 heavy (non-hydrogen) atoms.